The van der Waals surface area contributed by atoms with Crippen LogP contribution in [0.25, 0.3) is 0 Å². The minimum atomic E-state index is -5.75. The molecule has 32 heavy (non-hydrogen) atoms. The van der Waals surface area contributed by atoms with Gasteiger partial charge >= 0.3 is 28.9 Å². The maximum absolute atomic E-state index is 14.8. The Morgan fingerprint density at radius 3 is 2.47 bits per heavy atom. The lowest BCUT2D eigenvalue weighted by molar-refractivity contribution is -0.0675. The van der Waals surface area contributed by atoms with E-state index in [2.05, 4.69) is 13.6 Å². The smallest absolute Gasteiger partial charge is 0.386 e. The highest BCUT2D eigenvalue weighted by Gasteiger charge is 2.57. The Morgan fingerprint density at radius 1 is 1.38 bits per heavy atom. The average Bonchev–Trinajstić information content (AvgIpc) is 2.84. The number of hydrogen-bond donors (Lipinski definition) is 6. The van der Waals surface area contributed by atoms with Gasteiger partial charge in [-0.1, -0.05) is 0 Å². The SMILES string of the molecule is C/C(=C/P(=O)(O)OP(=O)(O)OP(=O)(O)O)[C@@]1(CCl)O[C@@H](n2ccc(N)nc2=O)[C@H](F)[C@@H]1O. The lowest BCUT2D eigenvalue weighted by Gasteiger charge is -2.31. The molecule has 1 fully saturated rings. The molecule has 20 heteroatoms. The monoisotopic (exact) mass is 543 g/mol. The summed E-state index contributed by atoms with van der Waals surface area (Å²) in [5, 5.41) is 10.4. The molecule has 0 radical (unpaired) electrons. The second kappa shape index (κ2) is 9.34. The first-order valence-corrected chi connectivity index (χ1v) is 13.4. The van der Waals surface area contributed by atoms with E-state index in [0.717, 1.165) is 19.2 Å². The van der Waals surface area contributed by atoms with Gasteiger partial charge in [-0.3, -0.25) is 9.13 Å². The minimum Gasteiger partial charge on any atom is -0.386 e. The number of nitrogen functional groups attached to an aromatic ring is 1. The van der Waals surface area contributed by atoms with Gasteiger partial charge < -0.3 is 35.2 Å². The van der Waals surface area contributed by atoms with Gasteiger partial charge in [-0.05, 0) is 18.6 Å². The predicted molar refractivity (Wildman–Crippen MR) is 105 cm³/mol. The van der Waals surface area contributed by atoms with Crippen molar-refractivity contribution < 1.29 is 56.1 Å². The summed E-state index contributed by atoms with van der Waals surface area (Å²) in [7, 11) is -16.7. The van der Waals surface area contributed by atoms with Crippen LogP contribution in [-0.2, 0) is 27.1 Å². The first kappa shape index (κ1) is 27.3. The van der Waals surface area contributed by atoms with Gasteiger partial charge in [-0.25, -0.2) is 22.6 Å². The number of aliphatic hydroxyl groups excluding tert-OH is 1. The molecular weight excluding hydrogens is 526 g/mol. The van der Waals surface area contributed by atoms with Crippen molar-refractivity contribution in [2.75, 3.05) is 11.6 Å². The number of hydrogen-bond acceptors (Lipinski definition) is 10. The molecule has 1 saturated heterocycles. The van der Waals surface area contributed by atoms with Crippen molar-refractivity contribution >= 4 is 40.7 Å². The van der Waals surface area contributed by atoms with E-state index in [1.165, 1.54) is 0 Å². The summed E-state index contributed by atoms with van der Waals surface area (Å²) < 4.78 is 62.7. The van der Waals surface area contributed by atoms with E-state index in [9.17, 15) is 37.8 Å². The van der Waals surface area contributed by atoms with Crippen LogP contribution in [0.5, 0.6) is 0 Å². The quantitative estimate of drug-likeness (QED) is 0.191. The first-order valence-electron chi connectivity index (χ1n) is 8.17. The third-order valence-corrected chi connectivity index (χ3v) is 8.71. The van der Waals surface area contributed by atoms with Gasteiger partial charge in [0.15, 0.2) is 12.4 Å². The molecule has 6 atom stereocenters. The van der Waals surface area contributed by atoms with Crippen LogP contribution in [0.15, 0.2) is 28.4 Å². The van der Waals surface area contributed by atoms with Crippen molar-refractivity contribution in [2.45, 2.75) is 31.0 Å². The number of aromatic nitrogens is 2. The van der Waals surface area contributed by atoms with Crippen LogP contribution in [0.3, 0.4) is 0 Å². The molecule has 0 amide bonds. The summed E-state index contributed by atoms with van der Waals surface area (Å²) in [6.45, 7) is 1.02. The molecule has 1 aromatic rings. The number of nitrogens with zero attached hydrogens (tertiary/aromatic N) is 2. The van der Waals surface area contributed by atoms with E-state index in [4.69, 9.17) is 31.9 Å². The normalized spacial score (nSPS) is 30.6. The number of halogens is 2. The first-order chi connectivity index (χ1) is 14.4. The Hall–Kier alpha value is -0.990. The van der Waals surface area contributed by atoms with Gasteiger partial charge in [0.25, 0.3) is 0 Å². The Bertz CT molecular complexity index is 1110. The second-order valence-electron chi connectivity index (χ2n) is 6.46. The average molecular weight is 544 g/mol. The van der Waals surface area contributed by atoms with Gasteiger partial charge in [0.2, 0.25) is 0 Å². The molecule has 2 rings (SSSR count). The number of rotatable bonds is 8. The van der Waals surface area contributed by atoms with Gasteiger partial charge in [0.1, 0.15) is 17.5 Å². The van der Waals surface area contributed by atoms with E-state index in [1.54, 1.807) is 0 Å². The van der Waals surface area contributed by atoms with Crippen LogP contribution in [0.2, 0.25) is 0 Å². The van der Waals surface area contributed by atoms with Crippen molar-refractivity contribution in [1.29, 1.82) is 0 Å². The zero-order chi connectivity index (χ0) is 24.7. The molecule has 0 bridgehead atoms. The van der Waals surface area contributed by atoms with Crippen LogP contribution < -0.4 is 11.4 Å². The zero-order valence-corrected chi connectivity index (χ0v) is 19.3. The van der Waals surface area contributed by atoms with Crippen LogP contribution in [0, 0.1) is 0 Å². The topological polar surface area (TPSA) is 241 Å². The Balaban J connectivity index is 2.41. The molecule has 2 heterocycles. The maximum Gasteiger partial charge on any atom is 0.488 e. The van der Waals surface area contributed by atoms with Crippen LogP contribution in [-0.4, -0.2) is 58.0 Å². The van der Waals surface area contributed by atoms with Crippen molar-refractivity contribution in [3.05, 3.63) is 34.1 Å². The van der Waals surface area contributed by atoms with Crippen LogP contribution in [0.1, 0.15) is 13.2 Å². The summed E-state index contributed by atoms with van der Waals surface area (Å²) in [4.78, 5) is 51.6. The number of phosphoric acid groups is 2. The molecule has 2 unspecified atom stereocenters. The van der Waals surface area contributed by atoms with Crippen LogP contribution in [0.4, 0.5) is 10.2 Å². The third-order valence-electron chi connectivity index (χ3n) is 4.16. The van der Waals surface area contributed by atoms with Gasteiger partial charge in [-0.15, -0.1) is 11.6 Å². The van der Waals surface area contributed by atoms with Gasteiger partial charge in [-0.2, -0.15) is 9.29 Å². The fraction of sp³-hybridized carbons (Fsp3) is 0.500. The molecule has 7 N–H and O–H groups in total. The molecular formula is C12H18ClFN3O12P3. The molecule has 0 spiro atoms. The van der Waals surface area contributed by atoms with E-state index in [-0.39, 0.29) is 11.6 Å². The number of ether oxygens (including phenoxy) is 1. The molecule has 0 aromatic carbocycles. The third kappa shape index (κ3) is 6.11. The molecule has 15 nitrogen and oxygen atoms in total. The fourth-order valence-corrected chi connectivity index (χ4v) is 6.78. The van der Waals surface area contributed by atoms with Gasteiger partial charge in [0.05, 0.1) is 5.88 Å². The van der Waals surface area contributed by atoms with E-state index in [0.29, 0.717) is 4.57 Å². The summed E-state index contributed by atoms with van der Waals surface area (Å²) in [6, 6.07) is 1.14. The van der Waals surface area contributed by atoms with E-state index >= 15 is 0 Å². The molecule has 182 valence electrons. The van der Waals surface area contributed by atoms with Crippen molar-refractivity contribution in [2.24, 2.45) is 0 Å². The lowest BCUT2D eigenvalue weighted by Crippen LogP contribution is -2.45. The highest BCUT2D eigenvalue weighted by atomic mass is 35.5. The standard InChI is InChI=1S/C12H18ClFN3O12P3/c1-6(4-30(20,21)28-32(25,26)29-31(22,23)24)12(5-13)9(18)8(14)10(27-12)17-3-2-7(15)16-11(17)19/h2-4,8-10,18H,5H2,1H3,(H,20,21)(H,25,26)(H2,15,16,19)(H2,22,23,24)/b6-4-/t8-,9+,10-,12-/m1/s1. The summed E-state index contributed by atoms with van der Waals surface area (Å²) >= 11 is 5.83. The van der Waals surface area contributed by atoms with Crippen molar-refractivity contribution in [1.82, 2.24) is 9.55 Å². The number of nitrogens with two attached hydrogens (primary N) is 1. The Labute approximate surface area is 183 Å². The van der Waals surface area contributed by atoms with Crippen molar-refractivity contribution in [3.63, 3.8) is 0 Å². The number of alkyl halides is 2. The van der Waals surface area contributed by atoms with Gasteiger partial charge in [0, 0.05) is 12.0 Å². The highest BCUT2D eigenvalue weighted by Crippen LogP contribution is 2.67. The summed E-state index contributed by atoms with van der Waals surface area (Å²) in [5.41, 5.74) is 1.60. The largest absolute Gasteiger partial charge is 0.488 e. The minimum absolute atomic E-state index is 0.177. The lowest BCUT2D eigenvalue weighted by atomic mass is 9.91. The number of aliphatic hydroxyl groups is 1. The van der Waals surface area contributed by atoms with E-state index < -0.39 is 64.5 Å². The molecule has 1 aromatic heterocycles. The molecule has 1 aliphatic heterocycles. The maximum atomic E-state index is 14.8. The highest BCUT2D eigenvalue weighted by molar-refractivity contribution is 7.69. The summed E-state index contributed by atoms with van der Waals surface area (Å²) in [6.07, 6.45) is -5.19. The second-order valence-corrected chi connectivity index (χ2v) is 11.3. The molecule has 0 aliphatic carbocycles. The predicted octanol–water partition coefficient (Wildman–Crippen LogP) is 0.346. The fourth-order valence-electron chi connectivity index (χ4n) is 2.81. The van der Waals surface area contributed by atoms with Crippen molar-refractivity contribution in [3.8, 4) is 0 Å². The Morgan fingerprint density at radius 2 is 1.97 bits per heavy atom. The Kier molecular flexibility index (Phi) is 7.95. The summed E-state index contributed by atoms with van der Waals surface area (Å²) in [5.74, 6) is -0.673. The molecule has 0 saturated carbocycles. The molecule has 1 aliphatic rings. The van der Waals surface area contributed by atoms with E-state index in [1.807, 2.05) is 0 Å². The zero-order valence-electron chi connectivity index (χ0n) is 15.8. The number of anilines is 1. The van der Waals surface area contributed by atoms with Crippen LogP contribution >= 0.6 is 34.8 Å².